The Morgan fingerprint density at radius 3 is 2.89 bits per heavy atom. The zero-order valence-electron chi connectivity index (χ0n) is 16.4. The monoisotopic (exact) mass is 409 g/mol. The number of ether oxygens (including phenoxy) is 1. The van der Waals surface area contributed by atoms with Crippen LogP contribution in [0.5, 0.6) is 0 Å². The van der Waals surface area contributed by atoms with E-state index < -0.39 is 0 Å². The number of aromatic nitrogens is 2. The lowest BCUT2D eigenvalue weighted by Crippen LogP contribution is -2.40. The van der Waals surface area contributed by atoms with Crippen molar-refractivity contribution in [2.24, 2.45) is 5.92 Å². The minimum absolute atomic E-state index is 0.0413. The first-order valence-corrected chi connectivity index (χ1v) is 11.1. The van der Waals surface area contributed by atoms with Crippen molar-refractivity contribution in [3.63, 3.8) is 0 Å². The lowest BCUT2D eigenvalue weighted by atomic mass is 10.0. The zero-order valence-corrected chi connectivity index (χ0v) is 18.0. The molecular formula is C19H27N3O3S2. The first-order valence-electron chi connectivity index (χ1n) is 9.32. The first-order chi connectivity index (χ1) is 12.9. The highest BCUT2D eigenvalue weighted by Crippen LogP contribution is 2.28. The van der Waals surface area contributed by atoms with Gasteiger partial charge in [-0.1, -0.05) is 18.7 Å². The second-order valence-electron chi connectivity index (χ2n) is 7.18. The first kappa shape index (κ1) is 20.4. The Kier molecular flexibility index (Phi) is 6.60. The van der Waals surface area contributed by atoms with E-state index in [0.717, 1.165) is 34.8 Å². The molecule has 0 N–H and O–H groups in total. The van der Waals surface area contributed by atoms with Gasteiger partial charge in [0.15, 0.2) is 5.16 Å². The lowest BCUT2D eigenvalue weighted by Gasteiger charge is -2.30. The molecule has 27 heavy (non-hydrogen) atoms. The summed E-state index contributed by atoms with van der Waals surface area (Å²) in [6.07, 6.45) is 2.25. The minimum atomic E-state index is -0.0413. The maximum atomic E-state index is 13.0. The van der Waals surface area contributed by atoms with E-state index in [0.29, 0.717) is 35.4 Å². The summed E-state index contributed by atoms with van der Waals surface area (Å²) >= 11 is 2.89. The van der Waals surface area contributed by atoms with Crippen molar-refractivity contribution in [1.29, 1.82) is 0 Å². The molecule has 0 bridgehead atoms. The Bertz CT molecular complexity index is 890. The molecule has 0 saturated carbocycles. The molecule has 1 fully saturated rings. The van der Waals surface area contributed by atoms with E-state index in [9.17, 15) is 9.59 Å². The maximum absolute atomic E-state index is 13.0. The van der Waals surface area contributed by atoms with Crippen molar-refractivity contribution in [2.45, 2.75) is 45.3 Å². The van der Waals surface area contributed by atoms with Gasteiger partial charge < -0.3 is 9.64 Å². The number of nitrogens with zero attached hydrogens (tertiary/aromatic N) is 3. The second-order valence-corrected chi connectivity index (χ2v) is 9.33. The number of amides is 1. The van der Waals surface area contributed by atoms with Crippen molar-refractivity contribution >= 4 is 39.2 Å². The SMILES string of the molecule is COCCn1c(SCC(=O)N2CCCC(C)C2)nc2sc(C)c(C)c2c1=O. The van der Waals surface area contributed by atoms with Crippen LogP contribution in [0.4, 0.5) is 0 Å². The number of fused-ring (bicyclic) bond motifs is 1. The van der Waals surface area contributed by atoms with Crippen LogP contribution in [0.3, 0.4) is 0 Å². The van der Waals surface area contributed by atoms with E-state index in [1.165, 1.54) is 29.5 Å². The molecule has 1 aliphatic heterocycles. The molecule has 1 unspecified atom stereocenters. The lowest BCUT2D eigenvalue weighted by molar-refractivity contribution is -0.130. The van der Waals surface area contributed by atoms with Gasteiger partial charge in [0, 0.05) is 25.1 Å². The Balaban J connectivity index is 1.86. The minimum Gasteiger partial charge on any atom is -0.383 e. The van der Waals surface area contributed by atoms with Crippen LogP contribution < -0.4 is 5.56 Å². The fraction of sp³-hybridized carbons (Fsp3) is 0.632. The van der Waals surface area contributed by atoms with Crippen LogP contribution in [0.2, 0.25) is 0 Å². The van der Waals surface area contributed by atoms with Gasteiger partial charge in [-0.2, -0.15) is 0 Å². The number of hydrogen-bond donors (Lipinski definition) is 0. The molecule has 1 saturated heterocycles. The maximum Gasteiger partial charge on any atom is 0.263 e. The number of thioether (sulfide) groups is 1. The number of likely N-dealkylation sites (tertiary alicyclic amines) is 1. The van der Waals surface area contributed by atoms with Crippen molar-refractivity contribution in [3.05, 3.63) is 20.8 Å². The van der Waals surface area contributed by atoms with Crippen LogP contribution in [0, 0.1) is 19.8 Å². The molecular weight excluding hydrogens is 382 g/mol. The third kappa shape index (κ3) is 4.38. The van der Waals surface area contributed by atoms with E-state index in [-0.39, 0.29) is 11.5 Å². The van der Waals surface area contributed by atoms with Crippen LogP contribution >= 0.6 is 23.1 Å². The van der Waals surface area contributed by atoms with Gasteiger partial charge in [0.05, 0.1) is 24.3 Å². The van der Waals surface area contributed by atoms with Gasteiger partial charge >= 0.3 is 0 Å². The Morgan fingerprint density at radius 2 is 2.19 bits per heavy atom. The Labute approximate surface area is 167 Å². The number of hydrogen-bond acceptors (Lipinski definition) is 6. The molecule has 3 heterocycles. The average Bonchev–Trinajstić information content (AvgIpc) is 2.93. The molecule has 2 aromatic heterocycles. The van der Waals surface area contributed by atoms with E-state index in [2.05, 4.69) is 6.92 Å². The van der Waals surface area contributed by atoms with Gasteiger partial charge in [0.25, 0.3) is 5.56 Å². The third-order valence-corrected chi connectivity index (χ3v) is 7.17. The molecule has 3 rings (SSSR count). The van der Waals surface area contributed by atoms with Crippen LogP contribution in [-0.4, -0.2) is 52.9 Å². The van der Waals surface area contributed by atoms with Gasteiger partial charge in [-0.15, -0.1) is 11.3 Å². The largest absolute Gasteiger partial charge is 0.383 e. The number of methoxy groups -OCH3 is 1. The van der Waals surface area contributed by atoms with Crippen LogP contribution in [0.1, 0.15) is 30.2 Å². The summed E-state index contributed by atoms with van der Waals surface area (Å²) in [4.78, 5) is 34.2. The summed E-state index contributed by atoms with van der Waals surface area (Å²) < 4.78 is 6.82. The summed E-state index contributed by atoms with van der Waals surface area (Å²) in [5.41, 5.74) is 0.953. The van der Waals surface area contributed by atoms with Gasteiger partial charge in [0.1, 0.15) is 4.83 Å². The van der Waals surface area contributed by atoms with Crippen molar-refractivity contribution in [1.82, 2.24) is 14.5 Å². The van der Waals surface area contributed by atoms with Gasteiger partial charge in [0.2, 0.25) is 5.91 Å². The van der Waals surface area contributed by atoms with Crippen LogP contribution in [-0.2, 0) is 16.1 Å². The molecule has 148 valence electrons. The average molecular weight is 410 g/mol. The van der Waals surface area contributed by atoms with E-state index in [1.54, 1.807) is 11.7 Å². The number of rotatable bonds is 6. The van der Waals surface area contributed by atoms with Crippen molar-refractivity contribution in [3.8, 4) is 0 Å². The zero-order chi connectivity index (χ0) is 19.6. The quantitative estimate of drug-likeness (QED) is 0.542. The van der Waals surface area contributed by atoms with E-state index >= 15 is 0 Å². The normalized spacial score (nSPS) is 17.6. The van der Waals surface area contributed by atoms with Gasteiger partial charge in [-0.05, 0) is 38.2 Å². The second kappa shape index (κ2) is 8.75. The molecule has 0 spiro atoms. The number of carbonyl (C=O) groups is 1. The summed E-state index contributed by atoms with van der Waals surface area (Å²) in [5.74, 6) is 0.984. The number of piperidine rings is 1. The van der Waals surface area contributed by atoms with Crippen molar-refractivity contribution < 1.29 is 9.53 Å². The predicted octanol–water partition coefficient (Wildman–Crippen LogP) is 3.07. The fourth-order valence-electron chi connectivity index (χ4n) is 3.43. The Morgan fingerprint density at radius 1 is 1.41 bits per heavy atom. The Hall–Kier alpha value is -1.38. The topological polar surface area (TPSA) is 64.4 Å². The van der Waals surface area contributed by atoms with Crippen LogP contribution in [0.25, 0.3) is 10.2 Å². The number of thiophene rings is 1. The van der Waals surface area contributed by atoms with Gasteiger partial charge in [-0.3, -0.25) is 14.2 Å². The highest BCUT2D eigenvalue weighted by molar-refractivity contribution is 7.99. The number of carbonyl (C=O) groups excluding carboxylic acids is 1. The fourth-order valence-corrected chi connectivity index (χ4v) is 5.43. The molecule has 6 nitrogen and oxygen atoms in total. The molecule has 0 radical (unpaired) electrons. The highest BCUT2D eigenvalue weighted by atomic mass is 32.2. The van der Waals surface area contributed by atoms with Crippen molar-refractivity contribution in [2.75, 3.05) is 32.6 Å². The summed E-state index contributed by atoms with van der Waals surface area (Å²) in [6.45, 7) is 8.68. The summed E-state index contributed by atoms with van der Waals surface area (Å²) in [6, 6.07) is 0. The molecule has 0 aromatic carbocycles. The highest BCUT2D eigenvalue weighted by Gasteiger charge is 2.22. The smallest absolute Gasteiger partial charge is 0.263 e. The molecule has 1 aliphatic rings. The molecule has 2 aromatic rings. The molecule has 1 amide bonds. The summed E-state index contributed by atoms with van der Waals surface area (Å²) in [5, 5.41) is 1.29. The van der Waals surface area contributed by atoms with Crippen LogP contribution in [0.15, 0.2) is 9.95 Å². The van der Waals surface area contributed by atoms with E-state index in [1.807, 2.05) is 18.7 Å². The third-order valence-electron chi connectivity index (χ3n) is 5.11. The molecule has 1 atom stereocenters. The summed E-state index contributed by atoms with van der Waals surface area (Å²) in [7, 11) is 1.62. The molecule has 8 heteroatoms. The predicted molar refractivity (Wildman–Crippen MR) is 111 cm³/mol. The van der Waals surface area contributed by atoms with Gasteiger partial charge in [-0.25, -0.2) is 4.98 Å². The standard InChI is InChI=1S/C19H27N3O3S2/c1-12-6-5-7-21(10-12)15(23)11-26-19-20-17-16(13(2)14(3)27-17)18(24)22(19)8-9-25-4/h12H,5-11H2,1-4H3. The molecule has 0 aliphatic carbocycles. The number of aryl methyl sites for hydroxylation is 2. The van der Waals surface area contributed by atoms with E-state index in [4.69, 9.17) is 9.72 Å².